The van der Waals surface area contributed by atoms with Crippen molar-refractivity contribution in [3.8, 4) is 11.1 Å². The van der Waals surface area contributed by atoms with E-state index in [0.29, 0.717) is 28.4 Å². The molecular formula is C28H25NO3. The Bertz CT molecular complexity index is 1500. The maximum atomic E-state index is 13.1. The first kappa shape index (κ1) is 20.1. The van der Waals surface area contributed by atoms with Crippen molar-refractivity contribution in [3.63, 3.8) is 0 Å². The molecule has 32 heavy (non-hydrogen) atoms. The van der Waals surface area contributed by atoms with Crippen LogP contribution in [0.3, 0.4) is 0 Å². The second-order valence-electron chi connectivity index (χ2n) is 8.62. The fourth-order valence-electron chi connectivity index (χ4n) is 4.18. The number of nitrogens with one attached hydrogen (secondary N) is 1. The molecule has 4 nitrogen and oxygen atoms in total. The zero-order valence-corrected chi connectivity index (χ0v) is 18.7. The summed E-state index contributed by atoms with van der Waals surface area (Å²) in [6.07, 6.45) is 0. The van der Waals surface area contributed by atoms with Crippen LogP contribution in [0.15, 0.2) is 80.4 Å². The van der Waals surface area contributed by atoms with Crippen LogP contribution in [0.5, 0.6) is 0 Å². The topological polar surface area (TPSA) is 55.4 Å². The van der Waals surface area contributed by atoms with Crippen molar-refractivity contribution in [2.24, 2.45) is 0 Å². The summed E-state index contributed by atoms with van der Waals surface area (Å²) in [6, 6.07) is 21.9. The van der Waals surface area contributed by atoms with Gasteiger partial charge in [-0.15, -0.1) is 0 Å². The van der Waals surface area contributed by atoms with Gasteiger partial charge in [-0.1, -0.05) is 67.9 Å². The van der Waals surface area contributed by atoms with Crippen molar-refractivity contribution >= 4 is 33.5 Å². The van der Waals surface area contributed by atoms with Gasteiger partial charge in [-0.2, -0.15) is 0 Å². The quantitative estimate of drug-likeness (QED) is 0.301. The van der Waals surface area contributed by atoms with Gasteiger partial charge in [-0.25, -0.2) is 4.79 Å². The van der Waals surface area contributed by atoms with Gasteiger partial charge in [0.05, 0.1) is 10.9 Å². The normalized spacial score (nSPS) is 11.5. The average Bonchev–Trinajstić information content (AvgIpc) is 3.16. The summed E-state index contributed by atoms with van der Waals surface area (Å²) < 4.78 is 12.0. The molecule has 160 valence electrons. The molecular weight excluding hydrogens is 398 g/mol. The van der Waals surface area contributed by atoms with Crippen LogP contribution in [-0.4, -0.2) is 0 Å². The van der Waals surface area contributed by atoms with Crippen molar-refractivity contribution in [3.05, 3.63) is 93.8 Å². The van der Waals surface area contributed by atoms with Crippen molar-refractivity contribution in [1.29, 1.82) is 0 Å². The van der Waals surface area contributed by atoms with E-state index >= 15 is 0 Å². The highest BCUT2D eigenvalue weighted by Gasteiger charge is 2.23. The average molecular weight is 424 g/mol. The summed E-state index contributed by atoms with van der Waals surface area (Å²) >= 11 is 0. The molecule has 0 aliphatic heterocycles. The Kier molecular flexibility index (Phi) is 4.86. The smallest absolute Gasteiger partial charge is 0.348 e. The van der Waals surface area contributed by atoms with Gasteiger partial charge in [0.2, 0.25) is 5.88 Å². The Morgan fingerprint density at radius 2 is 1.62 bits per heavy atom. The first-order chi connectivity index (χ1) is 15.4. The van der Waals surface area contributed by atoms with Gasteiger partial charge in [-0.3, -0.25) is 0 Å². The minimum absolute atomic E-state index is 0.404. The number of benzene rings is 3. The first-order valence-electron chi connectivity index (χ1n) is 10.9. The van der Waals surface area contributed by atoms with E-state index in [9.17, 15) is 4.79 Å². The molecule has 0 aliphatic carbocycles. The van der Waals surface area contributed by atoms with Crippen LogP contribution >= 0.6 is 0 Å². The summed E-state index contributed by atoms with van der Waals surface area (Å²) in [6.45, 7) is 8.45. The van der Waals surface area contributed by atoms with Gasteiger partial charge >= 0.3 is 5.63 Å². The van der Waals surface area contributed by atoms with E-state index < -0.39 is 5.63 Å². The number of fused-ring (bicyclic) bond motifs is 3. The standard InChI is InChI=1S/C28H25NO3/c1-16(2)19-10-12-20(13-11-19)24-25-26(21-7-5-6-8-23(21)31-28(25)30)32-27(24)29-22-14-9-17(3)15-18(22)4/h5-16,29H,1-4H3. The van der Waals surface area contributed by atoms with E-state index in [1.54, 1.807) is 6.07 Å². The molecule has 0 saturated carbocycles. The summed E-state index contributed by atoms with van der Waals surface area (Å²) in [4.78, 5) is 13.1. The Morgan fingerprint density at radius 1 is 0.875 bits per heavy atom. The van der Waals surface area contributed by atoms with Crippen molar-refractivity contribution in [2.45, 2.75) is 33.6 Å². The van der Waals surface area contributed by atoms with Gasteiger partial charge in [0.1, 0.15) is 11.0 Å². The monoisotopic (exact) mass is 423 g/mol. The van der Waals surface area contributed by atoms with E-state index in [-0.39, 0.29) is 0 Å². The lowest BCUT2D eigenvalue weighted by Gasteiger charge is -2.11. The molecule has 0 unspecified atom stereocenters. The summed E-state index contributed by atoms with van der Waals surface area (Å²) in [5, 5.41) is 4.66. The number of anilines is 2. The predicted octanol–water partition coefficient (Wildman–Crippen LogP) is 7.69. The van der Waals surface area contributed by atoms with Crippen LogP contribution in [0.25, 0.3) is 33.1 Å². The third-order valence-corrected chi connectivity index (χ3v) is 5.94. The first-order valence-corrected chi connectivity index (χ1v) is 10.9. The Morgan fingerprint density at radius 3 is 2.34 bits per heavy atom. The second-order valence-corrected chi connectivity index (χ2v) is 8.62. The minimum Gasteiger partial charge on any atom is -0.439 e. The highest BCUT2D eigenvalue weighted by Crippen LogP contribution is 2.41. The summed E-state index contributed by atoms with van der Waals surface area (Å²) in [5.74, 6) is 0.958. The lowest BCUT2D eigenvalue weighted by Crippen LogP contribution is -2.00. The van der Waals surface area contributed by atoms with Crippen LogP contribution < -0.4 is 10.9 Å². The van der Waals surface area contributed by atoms with Gasteiger partial charge in [-0.05, 0) is 54.7 Å². The van der Waals surface area contributed by atoms with Crippen LogP contribution in [0.4, 0.5) is 11.6 Å². The number of para-hydroxylation sites is 1. The SMILES string of the molecule is Cc1ccc(Nc2oc3c(c2-c2ccc(C(C)C)cc2)c(=O)oc2ccccc23)c(C)c1. The molecule has 4 heteroatoms. The molecule has 0 bridgehead atoms. The van der Waals surface area contributed by atoms with Gasteiger partial charge in [0, 0.05) is 5.69 Å². The predicted molar refractivity (Wildman–Crippen MR) is 131 cm³/mol. The lowest BCUT2D eigenvalue weighted by molar-refractivity contribution is 0.566. The molecule has 0 amide bonds. The molecule has 0 atom stereocenters. The summed E-state index contributed by atoms with van der Waals surface area (Å²) in [7, 11) is 0. The Labute approximate surface area is 186 Å². The molecule has 1 N–H and O–H groups in total. The van der Waals surface area contributed by atoms with Crippen molar-refractivity contribution < 1.29 is 8.83 Å². The molecule has 0 fully saturated rings. The van der Waals surface area contributed by atoms with E-state index in [0.717, 1.165) is 27.8 Å². The molecule has 3 aromatic carbocycles. The van der Waals surface area contributed by atoms with Crippen LogP contribution in [-0.2, 0) is 0 Å². The van der Waals surface area contributed by atoms with Crippen molar-refractivity contribution in [1.82, 2.24) is 0 Å². The van der Waals surface area contributed by atoms with E-state index in [1.807, 2.05) is 36.4 Å². The van der Waals surface area contributed by atoms with Crippen LogP contribution in [0.1, 0.15) is 36.5 Å². The molecule has 0 aliphatic rings. The molecule has 0 saturated heterocycles. The maximum Gasteiger partial charge on any atom is 0.348 e. The highest BCUT2D eigenvalue weighted by molar-refractivity contribution is 6.10. The zero-order valence-electron chi connectivity index (χ0n) is 18.7. The number of hydrogen-bond donors (Lipinski definition) is 1. The van der Waals surface area contributed by atoms with Crippen molar-refractivity contribution in [2.75, 3.05) is 5.32 Å². The number of furan rings is 1. The Hall–Kier alpha value is -3.79. The number of rotatable bonds is 4. The molecule has 5 rings (SSSR count). The van der Waals surface area contributed by atoms with Crippen LogP contribution in [0, 0.1) is 13.8 Å². The molecule has 2 heterocycles. The largest absolute Gasteiger partial charge is 0.439 e. The summed E-state index contributed by atoms with van der Waals surface area (Å²) in [5.41, 5.74) is 6.73. The minimum atomic E-state index is -0.404. The van der Waals surface area contributed by atoms with Crippen LogP contribution in [0.2, 0.25) is 0 Å². The second kappa shape index (κ2) is 7.72. The Balaban J connectivity index is 1.79. The van der Waals surface area contributed by atoms with Gasteiger partial charge < -0.3 is 14.2 Å². The maximum absolute atomic E-state index is 13.1. The third-order valence-electron chi connectivity index (χ3n) is 5.94. The zero-order chi connectivity index (χ0) is 22.4. The molecule has 0 radical (unpaired) electrons. The molecule has 0 spiro atoms. The highest BCUT2D eigenvalue weighted by atomic mass is 16.4. The number of aryl methyl sites for hydroxylation is 2. The molecule has 2 aromatic heterocycles. The molecule has 5 aromatic rings. The van der Waals surface area contributed by atoms with Gasteiger partial charge in [0.25, 0.3) is 0 Å². The van der Waals surface area contributed by atoms with E-state index in [2.05, 4.69) is 57.3 Å². The fraction of sp³-hybridized carbons (Fsp3) is 0.179. The van der Waals surface area contributed by atoms with Gasteiger partial charge in [0.15, 0.2) is 5.58 Å². The number of hydrogen-bond acceptors (Lipinski definition) is 4. The van der Waals surface area contributed by atoms with E-state index in [1.165, 1.54) is 11.1 Å². The lowest BCUT2D eigenvalue weighted by atomic mass is 9.98. The van der Waals surface area contributed by atoms with E-state index in [4.69, 9.17) is 8.83 Å². The fourth-order valence-corrected chi connectivity index (χ4v) is 4.18. The third kappa shape index (κ3) is 3.38.